The lowest BCUT2D eigenvalue weighted by atomic mass is 10.2. The van der Waals surface area contributed by atoms with Crippen molar-refractivity contribution in [2.75, 3.05) is 18.0 Å². The van der Waals surface area contributed by atoms with Gasteiger partial charge in [0.1, 0.15) is 5.75 Å². The van der Waals surface area contributed by atoms with Crippen molar-refractivity contribution in [2.45, 2.75) is 19.8 Å². The first-order chi connectivity index (χ1) is 10.7. The van der Waals surface area contributed by atoms with E-state index in [0.29, 0.717) is 13.0 Å². The molecule has 2 rings (SSSR count). The van der Waals surface area contributed by atoms with Crippen molar-refractivity contribution >= 4 is 11.7 Å². The summed E-state index contributed by atoms with van der Waals surface area (Å²) in [5.74, 6) is 0.812. The molecule has 0 saturated carbocycles. The molecule has 1 N–H and O–H groups in total. The molecule has 0 aliphatic carbocycles. The number of para-hydroxylation sites is 3. The van der Waals surface area contributed by atoms with Crippen LogP contribution < -0.4 is 9.64 Å². The maximum absolute atomic E-state index is 10.7. The third-order valence-electron chi connectivity index (χ3n) is 3.38. The van der Waals surface area contributed by atoms with Crippen LogP contribution in [0.4, 0.5) is 5.69 Å². The van der Waals surface area contributed by atoms with Crippen LogP contribution in [0.15, 0.2) is 54.6 Å². The fourth-order valence-corrected chi connectivity index (χ4v) is 2.29. The molecule has 0 amide bonds. The molecule has 0 aliphatic rings. The van der Waals surface area contributed by atoms with Gasteiger partial charge in [-0.05, 0) is 37.6 Å². The maximum Gasteiger partial charge on any atom is 0.303 e. The fourth-order valence-electron chi connectivity index (χ4n) is 2.29. The van der Waals surface area contributed by atoms with Crippen molar-refractivity contribution in [1.82, 2.24) is 0 Å². The second-order valence-electron chi connectivity index (χ2n) is 4.96. The number of carboxylic acids is 1. The lowest BCUT2D eigenvalue weighted by Crippen LogP contribution is -2.24. The van der Waals surface area contributed by atoms with Crippen molar-refractivity contribution in [3.63, 3.8) is 0 Å². The zero-order valence-electron chi connectivity index (χ0n) is 12.7. The first-order valence-electron chi connectivity index (χ1n) is 7.49. The molecule has 4 nitrogen and oxygen atoms in total. The highest BCUT2D eigenvalue weighted by Gasteiger charge is 2.11. The molecule has 0 bridgehead atoms. The average molecular weight is 299 g/mol. The van der Waals surface area contributed by atoms with Gasteiger partial charge in [-0.25, -0.2) is 0 Å². The Bertz CT molecular complexity index is 598. The minimum Gasteiger partial charge on any atom is -0.481 e. The van der Waals surface area contributed by atoms with Crippen LogP contribution in [0.2, 0.25) is 0 Å². The van der Waals surface area contributed by atoms with E-state index in [1.54, 1.807) is 0 Å². The number of rotatable bonds is 8. The predicted molar refractivity (Wildman–Crippen MR) is 87.7 cm³/mol. The Hall–Kier alpha value is -2.49. The van der Waals surface area contributed by atoms with E-state index >= 15 is 0 Å². The summed E-state index contributed by atoms with van der Waals surface area (Å²) in [6.07, 6.45) is 0.793. The van der Waals surface area contributed by atoms with E-state index in [9.17, 15) is 4.79 Å². The van der Waals surface area contributed by atoms with Gasteiger partial charge in [-0.15, -0.1) is 0 Å². The Balaban J connectivity index is 2.13. The molecule has 0 heterocycles. The Kier molecular flexibility index (Phi) is 5.83. The number of benzene rings is 2. The van der Waals surface area contributed by atoms with Crippen LogP contribution >= 0.6 is 0 Å². The minimum atomic E-state index is -0.759. The van der Waals surface area contributed by atoms with Gasteiger partial charge in [0, 0.05) is 19.5 Å². The standard InChI is InChI=1S/C18H21NO3/c1-2-19(14-8-13-18(20)21)16-11-6-7-12-17(16)22-15-9-4-3-5-10-15/h3-7,9-12H,2,8,13-14H2,1H3,(H,20,21). The summed E-state index contributed by atoms with van der Waals surface area (Å²) in [5, 5.41) is 8.78. The van der Waals surface area contributed by atoms with Gasteiger partial charge >= 0.3 is 5.97 Å². The van der Waals surface area contributed by atoms with E-state index in [2.05, 4.69) is 11.8 Å². The molecule has 116 valence electrons. The van der Waals surface area contributed by atoms with Crippen molar-refractivity contribution < 1.29 is 14.6 Å². The van der Waals surface area contributed by atoms with E-state index in [1.807, 2.05) is 54.6 Å². The average Bonchev–Trinajstić information content (AvgIpc) is 2.53. The van der Waals surface area contributed by atoms with Gasteiger partial charge in [0.2, 0.25) is 0 Å². The smallest absolute Gasteiger partial charge is 0.303 e. The number of hydrogen-bond acceptors (Lipinski definition) is 3. The summed E-state index contributed by atoms with van der Waals surface area (Å²) >= 11 is 0. The molecule has 0 aromatic heterocycles. The SMILES string of the molecule is CCN(CCCC(=O)O)c1ccccc1Oc1ccccc1. The van der Waals surface area contributed by atoms with Gasteiger partial charge in [-0.3, -0.25) is 4.79 Å². The number of anilines is 1. The molecule has 0 atom stereocenters. The normalized spacial score (nSPS) is 10.2. The largest absolute Gasteiger partial charge is 0.481 e. The van der Waals surface area contributed by atoms with Crippen LogP contribution in [-0.4, -0.2) is 24.2 Å². The first-order valence-corrected chi connectivity index (χ1v) is 7.49. The van der Waals surface area contributed by atoms with E-state index < -0.39 is 5.97 Å². The van der Waals surface area contributed by atoms with Crippen LogP contribution in [0.5, 0.6) is 11.5 Å². The van der Waals surface area contributed by atoms with Gasteiger partial charge in [-0.1, -0.05) is 30.3 Å². The second kappa shape index (κ2) is 8.08. The zero-order chi connectivity index (χ0) is 15.8. The third kappa shape index (κ3) is 4.52. The van der Waals surface area contributed by atoms with Crippen LogP contribution in [-0.2, 0) is 4.79 Å². The molecule has 2 aromatic rings. The predicted octanol–water partition coefficient (Wildman–Crippen LogP) is 4.17. The van der Waals surface area contributed by atoms with Gasteiger partial charge in [0.05, 0.1) is 5.69 Å². The van der Waals surface area contributed by atoms with Gasteiger partial charge in [-0.2, -0.15) is 0 Å². The van der Waals surface area contributed by atoms with Crippen molar-refractivity contribution in [1.29, 1.82) is 0 Å². The molecule has 0 spiro atoms. The summed E-state index contributed by atoms with van der Waals surface area (Å²) in [7, 11) is 0. The molecule has 0 fully saturated rings. The Morgan fingerprint density at radius 1 is 1.09 bits per heavy atom. The van der Waals surface area contributed by atoms with E-state index in [1.165, 1.54) is 0 Å². The second-order valence-corrected chi connectivity index (χ2v) is 4.96. The number of carbonyl (C=O) groups is 1. The molecule has 22 heavy (non-hydrogen) atoms. The minimum absolute atomic E-state index is 0.179. The maximum atomic E-state index is 10.7. The Morgan fingerprint density at radius 2 is 1.77 bits per heavy atom. The topological polar surface area (TPSA) is 49.8 Å². The summed E-state index contributed by atoms with van der Waals surface area (Å²) in [4.78, 5) is 12.8. The highest BCUT2D eigenvalue weighted by Crippen LogP contribution is 2.32. The first kappa shape index (κ1) is 15.9. The monoisotopic (exact) mass is 299 g/mol. The lowest BCUT2D eigenvalue weighted by Gasteiger charge is -2.25. The van der Waals surface area contributed by atoms with E-state index in [4.69, 9.17) is 9.84 Å². The number of nitrogens with zero attached hydrogens (tertiary/aromatic N) is 1. The Morgan fingerprint density at radius 3 is 2.45 bits per heavy atom. The van der Waals surface area contributed by atoms with Gasteiger partial charge in [0.25, 0.3) is 0 Å². The number of aliphatic carboxylic acids is 1. The quantitative estimate of drug-likeness (QED) is 0.794. The van der Waals surface area contributed by atoms with Crippen LogP contribution in [0, 0.1) is 0 Å². The van der Waals surface area contributed by atoms with Gasteiger partial charge in [0.15, 0.2) is 5.75 Å². The molecule has 0 saturated heterocycles. The number of ether oxygens (including phenoxy) is 1. The molecule has 4 heteroatoms. The summed E-state index contributed by atoms with van der Waals surface area (Å²) < 4.78 is 5.96. The van der Waals surface area contributed by atoms with Crippen LogP contribution in [0.25, 0.3) is 0 Å². The number of carboxylic acid groups (broad SMARTS) is 1. The molecule has 2 aromatic carbocycles. The highest BCUT2D eigenvalue weighted by molar-refractivity contribution is 5.66. The van der Waals surface area contributed by atoms with E-state index in [-0.39, 0.29) is 6.42 Å². The van der Waals surface area contributed by atoms with Crippen LogP contribution in [0.1, 0.15) is 19.8 Å². The molecular formula is C18H21NO3. The fraction of sp³-hybridized carbons (Fsp3) is 0.278. The zero-order valence-corrected chi connectivity index (χ0v) is 12.7. The summed E-state index contributed by atoms with van der Waals surface area (Å²) in [6, 6.07) is 17.5. The molecular weight excluding hydrogens is 278 g/mol. The highest BCUT2D eigenvalue weighted by atomic mass is 16.5. The molecule has 0 radical (unpaired) electrons. The van der Waals surface area contributed by atoms with Crippen molar-refractivity contribution in [3.05, 3.63) is 54.6 Å². The molecule has 0 aliphatic heterocycles. The van der Waals surface area contributed by atoms with Crippen molar-refractivity contribution in [2.24, 2.45) is 0 Å². The summed E-state index contributed by atoms with van der Waals surface area (Å²) in [6.45, 7) is 3.55. The van der Waals surface area contributed by atoms with Gasteiger partial charge < -0.3 is 14.7 Å². The van der Waals surface area contributed by atoms with E-state index in [0.717, 1.165) is 23.7 Å². The Labute approximate surface area is 131 Å². The summed E-state index contributed by atoms with van der Waals surface area (Å²) in [5.41, 5.74) is 0.985. The number of hydrogen-bond donors (Lipinski definition) is 1. The van der Waals surface area contributed by atoms with Crippen molar-refractivity contribution in [3.8, 4) is 11.5 Å². The van der Waals surface area contributed by atoms with Crippen LogP contribution in [0.3, 0.4) is 0 Å². The molecule has 0 unspecified atom stereocenters. The lowest BCUT2D eigenvalue weighted by molar-refractivity contribution is -0.137. The third-order valence-corrected chi connectivity index (χ3v) is 3.38.